The Balaban J connectivity index is 2.24. The molecule has 0 bridgehead atoms. The zero-order chi connectivity index (χ0) is 16.7. The molecule has 1 aromatic heterocycles. The largest absolute Gasteiger partial charge is 0.490 e. The normalized spacial score (nSPS) is 11.8. The highest BCUT2D eigenvalue weighted by molar-refractivity contribution is 5.72. The van der Waals surface area contributed by atoms with Crippen molar-refractivity contribution in [1.29, 1.82) is 0 Å². The summed E-state index contributed by atoms with van der Waals surface area (Å²) in [6.07, 6.45) is 2.83. The summed E-state index contributed by atoms with van der Waals surface area (Å²) >= 11 is 0. The molecule has 0 fully saturated rings. The Kier molecular flexibility index (Phi) is 6.09. The van der Waals surface area contributed by atoms with Gasteiger partial charge in [0.25, 0.3) is 0 Å². The molecule has 5 heteroatoms. The van der Waals surface area contributed by atoms with Crippen LogP contribution in [0, 0.1) is 5.92 Å². The summed E-state index contributed by atoms with van der Waals surface area (Å²) in [6, 6.07) is 9.67. The first-order valence-electron chi connectivity index (χ1n) is 7.90. The standard InChI is InChI=1S/C18H22N2O3/c1-4-13(3)11-16(21)23-18-19-12-15(22-5-2)17(20-18)14-9-7-6-8-10-14/h6-10,12-13H,4-5,11H2,1-3H3. The van der Waals surface area contributed by atoms with Crippen molar-refractivity contribution in [3.8, 4) is 23.0 Å². The van der Waals surface area contributed by atoms with Crippen molar-refractivity contribution in [3.05, 3.63) is 36.5 Å². The van der Waals surface area contributed by atoms with Crippen LogP contribution in [0.3, 0.4) is 0 Å². The number of hydrogen-bond acceptors (Lipinski definition) is 5. The fourth-order valence-electron chi connectivity index (χ4n) is 2.04. The zero-order valence-electron chi connectivity index (χ0n) is 13.8. The van der Waals surface area contributed by atoms with Crippen molar-refractivity contribution in [1.82, 2.24) is 9.97 Å². The molecule has 2 rings (SSSR count). The minimum absolute atomic E-state index is 0.0561. The maximum Gasteiger partial charge on any atom is 0.325 e. The molecular weight excluding hydrogens is 292 g/mol. The Morgan fingerprint density at radius 2 is 1.96 bits per heavy atom. The van der Waals surface area contributed by atoms with Crippen molar-refractivity contribution >= 4 is 5.97 Å². The molecule has 122 valence electrons. The summed E-state index contributed by atoms with van der Waals surface area (Å²) in [5.74, 6) is 0.529. The van der Waals surface area contributed by atoms with Gasteiger partial charge in [0.1, 0.15) is 5.69 Å². The fraction of sp³-hybridized carbons (Fsp3) is 0.389. The average Bonchev–Trinajstić information content (AvgIpc) is 2.57. The molecule has 23 heavy (non-hydrogen) atoms. The monoisotopic (exact) mass is 314 g/mol. The molecule has 1 aromatic carbocycles. The Labute approximate surface area is 136 Å². The third kappa shape index (κ3) is 4.77. The second-order valence-electron chi connectivity index (χ2n) is 5.36. The van der Waals surface area contributed by atoms with Crippen LogP contribution in [0.5, 0.6) is 11.8 Å². The molecule has 0 aliphatic carbocycles. The highest BCUT2D eigenvalue weighted by Gasteiger charge is 2.15. The van der Waals surface area contributed by atoms with Gasteiger partial charge in [-0.3, -0.25) is 4.79 Å². The van der Waals surface area contributed by atoms with Gasteiger partial charge in [-0.15, -0.1) is 0 Å². The van der Waals surface area contributed by atoms with E-state index in [9.17, 15) is 4.79 Å². The van der Waals surface area contributed by atoms with Gasteiger partial charge in [0.2, 0.25) is 0 Å². The number of carbonyl (C=O) groups is 1. The lowest BCUT2D eigenvalue weighted by Gasteiger charge is -2.11. The predicted molar refractivity (Wildman–Crippen MR) is 88.3 cm³/mol. The van der Waals surface area contributed by atoms with Gasteiger partial charge in [-0.1, -0.05) is 50.6 Å². The second kappa shape index (κ2) is 8.27. The fourth-order valence-corrected chi connectivity index (χ4v) is 2.04. The Morgan fingerprint density at radius 3 is 2.61 bits per heavy atom. The molecule has 1 atom stereocenters. The van der Waals surface area contributed by atoms with E-state index in [2.05, 4.69) is 9.97 Å². The van der Waals surface area contributed by atoms with Crippen LogP contribution < -0.4 is 9.47 Å². The number of aromatic nitrogens is 2. The molecule has 0 spiro atoms. The Bertz CT molecular complexity index is 644. The van der Waals surface area contributed by atoms with Gasteiger partial charge >= 0.3 is 12.0 Å². The van der Waals surface area contributed by atoms with E-state index in [0.717, 1.165) is 12.0 Å². The van der Waals surface area contributed by atoms with Gasteiger partial charge in [-0.2, -0.15) is 9.97 Å². The van der Waals surface area contributed by atoms with E-state index >= 15 is 0 Å². The van der Waals surface area contributed by atoms with Gasteiger partial charge in [-0.25, -0.2) is 0 Å². The summed E-state index contributed by atoms with van der Waals surface area (Å²) in [5.41, 5.74) is 1.51. The predicted octanol–water partition coefficient (Wildman–Crippen LogP) is 3.88. The van der Waals surface area contributed by atoms with Gasteiger partial charge in [0.15, 0.2) is 5.75 Å². The van der Waals surface area contributed by atoms with E-state index in [1.165, 1.54) is 0 Å². The molecule has 0 amide bonds. The number of esters is 1. The summed E-state index contributed by atoms with van der Waals surface area (Å²) < 4.78 is 10.8. The Morgan fingerprint density at radius 1 is 1.22 bits per heavy atom. The minimum Gasteiger partial charge on any atom is -0.490 e. The van der Waals surface area contributed by atoms with Crippen LogP contribution in [-0.2, 0) is 4.79 Å². The summed E-state index contributed by atoms with van der Waals surface area (Å²) in [5, 5.41) is 0. The first kappa shape index (κ1) is 16.9. The van der Waals surface area contributed by atoms with Crippen molar-refractivity contribution < 1.29 is 14.3 Å². The molecular formula is C18H22N2O3. The van der Waals surface area contributed by atoms with Crippen LogP contribution >= 0.6 is 0 Å². The van der Waals surface area contributed by atoms with Crippen LogP contribution in [0.25, 0.3) is 11.3 Å². The molecule has 0 saturated carbocycles. The molecule has 0 aliphatic heterocycles. The van der Waals surface area contributed by atoms with Gasteiger partial charge in [0, 0.05) is 12.0 Å². The molecule has 0 aliphatic rings. The maximum absolute atomic E-state index is 11.9. The second-order valence-corrected chi connectivity index (χ2v) is 5.36. The number of hydrogen-bond donors (Lipinski definition) is 0. The van der Waals surface area contributed by atoms with Gasteiger partial charge < -0.3 is 9.47 Å². The molecule has 0 N–H and O–H groups in total. The topological polar surface area (TPSA) is 61.3 Å². The van der Waals surface area contributed by atoms with Gasteiger partial charge in [-0.05, 0) is 12.8 Å². The molecule has 2 aromatic rings. The van der Waals surface area contributed by atoms with E-state index in [-0.39, 0.29) is 17.9 Å². The summed E-state index contributed by atoms with van der Waals surface area (Å²) in [4.78, 5) is 20.3. The minimum atomic E-state index is -0.317. The number of benzene rings is 1. The van der Waals surface area contributed by atoms with Gasteiger partial charge in [0.05, 0.1) is 12.8 Å². The molecule has 1 heterocycles. The van der Waals surface area contributed by atoms with E-state index in [1.54, 1.807) is 6.20 Å². The van der Waals surface area contributed by atoms with Crippen LogP contribution in [-0.4, -0.2) is 22.5 Å². The van der Waals surface area contributed by atoms with Crippen molar-refractivity contribution in [2.45, 2.75) is 33.6 Å². The van der Waals surface area contributed by atoms with Crippen LogP contribution in [0.2, 0.25) is 0 Å². The van der Waals surface area contributed by atoms with Crippen molar-refractivity contribution in [3.63, 3.8) is 0 Å². The third-order valence-electron chi connectivity index (χ3n) is 3.50. The number of nitrogens with zero attached hydrogens (tertiary/aromatic N) is 2. The number of ether oxygens (including phenoxy) is 2. The molecule has 1 unspecified atom stereocenters. The third-order valence-corrected chi connectivity index (χ3v) is 3.50. The average molecular weight is 314 g/mol. The number of carbonyl (C=O) groups excluding carboxylic acids is 1. The smallest absolute Gasteiger partial charge is 0.325 e. The highest BCUT2D eigenvalue weighted by Crippen LogP contribution is 2.28. The SMILES string of the molecule is CCOc1cnc(OC(=O)CC(C)CC)nc1-c1ccccc1. The van der Waals surface area contributed by atoms with Crippen LogP contribution in [0.1, 0.15) is 33.6 Å². The number of rotatable bonds is 7. The van der Waals surface area contributed by atoms with Crippen LogP contribution in [0.4, 0.5) is 0 Å². The van der Waals surface area contributed by atoms with E-state index in [4.69, 9.17) is 9.47 Å². The quantitative estimate of drug-likeness (QED) is 0.726. The van der Waals surface area contributed by atoms with E-state index < -0.39 is 0 Å². The summed E-state index contributed by atoms with van der Waals surface area (Å²) in [6.45, 7) is 6.46. The van der Waals surface area contributed by atoms with E-state index in [1.807, 2.05) is 51.1 Å². The highest BCUT2D eigenvalue weighted by atomic mass is 16.5. The maximum atomic E-state index is 11.9. The zero-order valence-corrected chi connectivity index (χ0v) is 13.8. The Hall–Kier alpha value is -2.43. The van der Waals surface area contributed by atoms with Crippen molar-refractivity contribution in [2.75, 3.05) is 6.61 Å². The lowest BCUT2D eigenvalue weighted by Crippen LogP contribution is -2.14. The first-order chi connectivity index (χ1) is 11.1. The van der Waals surface area contributed by atoms with E-state index in [0.29, 0.717) is 24.5 Å². The lowest BCUT2D eigenvalue weighted by atomic mass is 10.1. The lowest BCUT2D eigenvalue weighted by molar-refractivity contribution is -0.135. The first-order valence-corrected chi connectivity index (χ1v) is 7.90. The molecule has 0 saturated heterocycles. The summed E-state index contributed by atoms with van der Waals surface area (Å²) in [7, 11) is 0. The molecule has 5 nitrogen and oxygen atoms in total. The van der Waals surface area contributed by atoms with Crippen molar-refractivity contribution in [2.24, 2.45) is 5.92 Å². The molecule has 0 radical (unpaired) electrons. The van der Waals surface area contributed by atoms with Crippen LogP contribution in [0.15, 0.2) is 36.5 Å².